The summed E-state index contributed by atoms with van der Waals surface area (Å²) in [6, 6.07) is 13.2. The number of anilines is 1. The van der Waals surface area contributed by atoms with E-state index in [4.69, 9.17) is 4.74 Å². The van der Waals surface area contributed by atoms with E-state index in [-0.39, 0.29) is 24.1 Å². The highest BCUT2D eigenvalue weighted by Crippen LogP contribution is 2.16. The lowest BCUT2D eigenvalue weighted by Crippen LogP contribution is -2.34. The number of methoxy groups -OCH3 is 1. The molecule has 1 N–H and O–H groups in total. The number of benzene rings is 2. The van der Waals surface area contributed by atoms with Crippen LogP contribution in [0.15, 0.2) is 48.5 Å². The van der Waals surface area contributed by atoms with Gasteiger partial charge in [-0.05, 0) is 29.8 Å². The van der Waals surface area contributed by atoms with Crippen molar-refractivity contribution in [1.29, 1.82) is 0 Å². The molecule has 2 amide bonds. The SMILES string of the molecule is COc1cccc(NC(=O)CN(C)C(=O)c2ccc(CS(C)(=O)=O)cc2)c1. The van der Waals surface area contributed by atoms with Crippen LogP contribution in [0.5, 0.6) is 5.75 Å². The Kier molecular flexibility index (Phi) is 6.57. The summed E-state index contributed by atoms with van der Waals surface area (Å²) in [6.07, 6.45) is 1.15. The van der Waals surface area contributed by atoms with Crippen LogP contribution >= 0.6 is 0 Å². The first-order valence-corrected chi connectivity index (χ1v) is 10.2. The molecular formula is C19H22N2O5S. The zero-order chi connectivity index (χ0) is 20.0. The second-order valence-corrected chi connectivity index (χ2v) is 8.35. The third-order valence-electron chi connectivity index (χ3n) is 3.71. The van der Waals surface area contributed by atoms with E-state index in [0.29, 0.717) is 22.6 Å². The first-order valence-electron chi connectivity index (χ1n) is 8.14. The minimum absolute atomic E-state index is 0.0831. The van der Waals surface area contributed by atoms with E-state index in [1.165, 1.54) is 19.1 Å². The van der Waals surface area contributed by atoms with Crippen LogP contribution in [0.3, 0.4) is 0 Å². The zero-order valence-electron chi connectivity index (χ0n) is 15.4. The summed E-state index contributed by atoms with van der Waals surface area (Å²) in [6.45, 7) is -0.124. The van der Waals surface area contributed by atoms with Gasteiger partial charge in [0, 0.05) is 30.6 Å². The minimum Gasteiger partial charge on any atom is -0.497 e. The number of nitrogens with zero attached hydrogens (tertiary/aromatic N) is 1. The summed E-state index contributed by atoms with van der Waals surface area (Å²) in [5.41, 5.74) is 1.56. The van der Waals surface area contributed by atoms with E-state index in [0.717, 1.165) is 6.26 Å². The van der Waals surface area contributed by atoms with E-state index in [1.54, 1.807) is 48.5 Å². The molecule has 0 heterocycles. The Labute approximate surface area is 158 Å². The molecule has 0 spiro atoms. The molecule has 0 saturated carbocycles. The van der Waals surface area contributed by atoms with Crippen molar-refractivity contribution in [2.24, 2.45) is 0 Å². The molecule has 144 valence electrons. The van der Waals surface area contributed by atoms with Gasteiger partial charge in [-0.1, -0.05) is 18.2 Å². The number of ether oxygens (including phenoxy) is 1. The molecule has 0 atom stereocenters. The summed E-state index contributed by atoms with van der Waals surface area (Å²) >= 11 is 0. The van der Waals surface area contributed by atoms with Gasteiger partial charge in [-0.2, -0.15) is 0 Å². The number of hydrogen-bond acceptors (Lipinski definition) is 5. The third kappa shape index (κ3) is 6.41. The van der Waals surface area contributed by atoms with Crippen molar-refractivity contribution in [1.82, 2.24) is 4.90 Å². The van der Waals surface area contributed by atoms with Crippen molar-refractivity contribution in [2.45, 2.75) is 5.75 Å². The summed E-state index contributed by atoms with van der Waals surface area (Å²) in [5, 5.41) is 2.71. The molecule has 0 aliphatic carbocycles. The first kappa shape index (κ1) is 20.4. The lowest BCUT2D eigenvalue weighted by Gasteiger charge is -2.17. The highest BCUT2D eigenvalue weighted by molar-refractivity contribution is 7.89. The normalized spacial score (nSPS) is 10.9. The molecule has 0 aromatic heterocycles. The van der Waals surface area contributed by atoms with Crippen LogP contribution in [0.2, 0.25) is 0 Å². The Bertz CT molecular complexity index is 923. The smallest absolute Gasteiger partial charge is 0.254 e. The van der Waals surface area contributed by atoms with Gasteiger partial charge in [0.05, 0.1) is 19.4 Å². The summed E-state index contributed by atoms with van der Waals surface area (Å²) in [4.78, 5) is 25.9. The van der Waals surface area contributed by atoms with Crippen LogP contribution in [0.4, 0.5) is 5.69 Å². The maximum atomic E-state index is 12.4. The third-order valence-corrected chi connectivity index (χ3v) is 4.57. The van der Waals surface area contributed by atoms with Gasteiger partial charge in [0.25, 0.3) is 5.91 Å². The fraction of sp³-hybridized carbons (Fsp3) is 0.263. The fourth-order valence-electron chi connectivity index (χ4n) is 2.46. The van der Waals surface area contributed by atoms with Gasteiger partial charge in [-0.3, -0.25) is 9.59 Å². The number of amides is 2. The van der Waals surface area contributed by atoms with Crippen molar-refractivity contribution >= 4 is 27.3 Å². The Morgan fingerprint density at radius 2 is 1.78 bits per heavy atom. The number of likely N-dealkylation sites (N-methyl/N-ethyl adjacent to an activating group) is 1. The molecule has 0 bridgehead atoms. The topological polar surface area (TPSA) is 92.8 Å². The number of nitrogens with one attached hydrogen (secondary N) is 1. The van der Waals surface area contributed by atoms with E-state index in [9.17, 15) is 18.0 Å². The molecule has 0 radical (unpaired) electrons. The van der Waals surface area contributed by atoms with Crippen molar-refractivity contribution in [3.05, 3.63) is 59.7 Å². The number of rotatable bonds is 7. The van der Waals surface area contributed by atoms with Crippen LogP contribution in [0, 0.1) is 0 Å². The molecule has 8 heteroatoms. The molecule has 7 nitrogen and oxygen atoms in total. The van der Waals surface area contributed by atoms with E-state index >= 15 is 0 Å². The van der Waals surface area contributed by atoms with Crippen LogP contribution in [0.25, 0.3) is 0 Å². The largest absolute Gasteiger partial charge is 0.497 e. The zero-order valence-corrected chi connectivity index (χ0v) is 16.2. The molecule has 0 aliphatic heterocycles. The van der Waals surface area contributed by atoms with Gasteiger partial charge >= 0.3 is 0 Å². The van der Waals surface area contributed by atoms with Gasteiger partial charge in [0.15, 0.2) is 9.84 Å². The van der Waals surface area contributed by atoms with Crippen molar-refractivity contribution in [2.75, 3.05) is 32.3 Å². The second kappa shape index (κ2) is 8.68. The Hall–Kier alpha value is -2.87. The lowest BCUT2D eigenvalue weighted by molar-refractivity contribution is -0.116. The number of hydrogen-bond donors (Lipinski definition) is 1. The average Bonchev–Trinajstić information content (AvgIpc) is 2.60. The van der Waals surface area contributed by atoms with Crippen LogP contribution in [0.1, 0.15) is 15.9 Å². The molecular weight excluding hydrogens is 368 g/mol. The van der Waals surface area contributed by atoms with Crippen LogP contribution in [-0.4, -0.2) is 52.1 Å². The lowest BCUT2D eigenvalue weighted by atomic mass is 10.1. The Morgan fingerprint density at radius 3 is 2.37 bits per heavy atom. The molecule has 0 aliphatic rings. The minimum atomic E-state index is -3.13. The molecule has 2 rings (SSSR count). The van der Waals surface area contributed by atoms with Gasteiger partial charge in [-0.25, -0.2) is 8.42 Å². The van der Waals surface area contributed by atoms with Crippen molar-refractivity contribution in [3.8, 4) is 5.75 Å². The summed E-state index contributed by atoms with van der Waals surface area (Å²) < 4.78 is 27.7. The molecule has 2 aromatic rings. The van der Waals surface area contributed by atoms with Crippen molar-refractivity contribution < 1.29 is 22.7 Å². The second-order valence-electron chi connectivity index (χ2n) is 6.21. The Morgan fingerprint density at radius 1 is 1.11 bits per heavy atom. The quantitative estimate of drug-likeness (QED) is 0.780. The highest BCUT2D eigenvalue weighted by atomic mass is 32.2. The first-order chi connectivity index (χ1) is 12.7. The van der Waals surface area contributed by atoms with Crippen molar-refractivity contribution in [3.63, 3.8) is 0 Å². The standard InChI is InChI=1S/C19H22N2O5S/c1-21(12-18(22)20-16-5-4-6-17(11-16)26-2)19(23)15-9-7-14(8-10-15)13-27(3,24)25/h4-11H,12-13H2,1-3H3,(H,20,22). The summed E-state index contributed by atoms with van der Waals surface area (Å²) in [7, 11) is -0.0726. The highest BCUT2D eigenvalue weighted by Gasteiger charge is 2.15. The number of carbonyl (C=O) groups excluding carboxylic acids is 2. The van der Waals surface area contributed by atoms with Crippen LogP contribution in [-0.2, 0) is 20.4 Å². The fourth-order valence-corrected chi connectivity index (χ4v) is 3.25. The molecule has 0 fully saturated rings. The molecule has 0 saturated heterocycles. The van der Waals surface area contributed by atoms with Gasteiger partial charge in [-0.15, -0.1) is 0 Å². The van der Waals surface area contributed by atoms with E-state index < -0.39 is 9.84 Å². The Balaban J connectivity index is 1.97. The maximum Gasteiger partial charge on any atom is 0.254 e. The van der Waals surface area contributed by atoms with Gasteiger partial charge < -0.3 is 15.0 Å². The predicted octanol–water partition coefficient (Wildman–Crippen LogP) is 1.95. The van der Waals surface area contributed by atoms with Gasteiger partial charge in [0.1, 0.15) is 5.75 Å². The monoisotopic (exact) mass is 390 g/mol. The van der Waals surface area contributed by atoms with Gasteiger partial charge in [0.2, 0.25) is 5.91 Å². The summed E-state index contributed by atoms with van der Waals surface area (Å²) in [5.74, 6) is -0.138. The molecule has 0 unspecified atom stereocenters. The molecule has 2 aromatic carbocycles. The predicted molar refractivity (Wildman–Crippen MR) is 104 cm³/mol. The van der Waals surface area contributed by atoms with E-state index in [1.807, 2.05) is 0 Å². The molecule has 27 heavy (non-hydrogen) atoms. The van der Waals surface area contributed by atoms with Crippen LogP contribution < -0.4 is 10.1 Å². The maximum absolute atomic E-state index is 12.4. The average molecular weight is 390 g/mol. The number of carbonyl (C=O) groups is 2. The number of sulfone groups is 1. The van der Waals surface area contributed by atoms with E-state index in [2.05, 4.69) is 5.32 Å².